The van der Waals surface area contributed by atoms with E-state index in [1.807, 2.05) is 19.9 Å². The van der Waals surface area contributed by atoms with Crippen LogP contribution in [0.5, 0.6) is 5.75 Å². The van der Waals surface area contributed by atoms with Gasteiger partial charge in [0.05, 0.1) is 22.1 Å². The molecule has 0 spiro atoms. The molecule has 2 N–H and O–H groups in total. The van der Waals surface area contributed by atoms with E-state index in [9.17, 15) is 9.18 Å². The maximum atomic E-state index is 13.8. The second-order valence-corrected chi connectivity index (χ2v) is 7.00. The summed E-state index contributed by atoms with van der Waals surface area (Å²) in [4.78, 5) is 20.1. The standard InChI is InChI=1S/C21H22FN3O2/c1-14(2)11-21(3,13-27-19-7-5-4-6-16(19)22)25-20(26)15-10-18-17(24-12-15)8-9-23-18/h4-10,12,23H,1,11,13H2,2-3H3,(H,25,26). The van der Waals surface area contributed by atoms with Crippen LogP contribution in [-0.2, 0) is 0 Å². The van der Waals surface area contributed by atoms with Crippen LogP contribution >= 0.6 is 0 Å². The predicted octanol–water partition coefficient (Wildman–Crippen LogP) is 4.24. The van der Waals surface area contributed by atoms with E-state index in [4.69, 9.17) is 4.74 Å². The number of nitrogens with zero attached hydrogens (tertiary/aromatic N) is 1. The Balaban J connectivity index is 1.77. The van der Waals surface area contributed by atoms with Gasteiger partial charge in [-0.3, -0.25) is 9.78 Å². The minimum Gasteiger partial charge on any atom is -0.488 e. The van der Waals surface area contributed by atoms with Crippen LogP contribution in [0.25, 0.3) is 11.0 Å². The molecular formula is C21H22FN3O2. The van der Waals surface area contributed by atoms with E-state index in [2.05, 4.69) is 21.9 Å². The zero-order valence-electron chi connectivity index (χ0n) is 15.4. The van der Waals surface area contributed by atoms with Crippen molar-refractivity contribution in [3.05, 3.63) is 72.3 Å². The average molecular weight is 367 g/mol. The van der Waals surface area contributed by atoms with Gasteiger partial charge in [-0.25, -0.2) is 4.39 Å². The summed E-state index contributed by atoms with van der Waals surface area (Å²) in [7, 11) is 0. The van der Waals surface area contributed by atoms with Crippen LogP contribution in [0.1, 0.15) is 30.6 Å². The lowest BCUT2D eigenvalue weighted by molar-refractivity contribution is 0.0864. The molecule has 0 bridgehead atoms. The highest BCUT2D eigenvalue weighted by Gasteiger charge is 2.29. The maximum absolute atomic E-state index is 13.8. The average Bonchev–Trinajstić information content (AvgIpc) is 3.08. The summed E-state index contributed by atoms with van der Waals surface area (Å²) in [5, 5.41) is 2.99. The fourth-order valence-electron chi connectivity index (χ4n) is 3.00. The third-order valence-corrected chi connectivity index (χ3v) is 4.15. The van der Waals surface area contributed by atoms with Gasteiger partial charge in [0.1, 0.15) is 6.61 Å². The van der Waals surface area contributed by atoms with Gasteiger partial charge in [0, 0.05) is 12.4 Å². The van der Waals surface area contributed by atoms with Crippen molar-refractivity contribution in [3.63, 3.8) is 0 Å². The van der Waals surface area contributed by atoms with Gasteiger partial charge in [0.2, 0.25) is 0 Å². The molecule has 0 saturated heterocycles. The van der Waals surface area contributed by atoms with Crippen molar-refractivity contribution in [1.82, 2.24) is 15.3 Å². The first kappa shape index (κ1) is 18.6. The summed E-state index contributed by atoms with van der Waals surface area (Å²) in [5.74, 6) is -0.572. The number of amides is 1. The largest absolute Gasteiger partial charge is 0.488 e. The molecule has 0 aliphatic heterocycles. The molecular weight excluding hydrogens is 345 g/mol. The van der Waals surface area contributed by atoms with Crippen LogP contribution in [0.3, 0.4) is 0 Å². The van der Waals surface area contributed by atoms with Gasteiger partial charge in [-0.05, 0) is 44.5 Å². The van der Waals surface area contributed by atoms with E-state index in [1.54, 1.807) is 30.5 Å². The Morgan fingerprint density at radius 1 is 1.37 bits per heavy atom. The van der Waals surface area contributed by atoms with E-state index < -0.39 is 11.4 Å². The zero-order chi connectivity index (χ0) is 19.4. The highest BCUT2D eigenvalue weighted by atomic mass is 19.1. The number of fused-ring (bicyclic) bond motifs is 1. The number of hydrogen-bond donors (Lipinski definition) is 2. The fraction of sp³-hybridized carbons (Fsp3) is 0.238. The monoisotopic (exact) mass is 367 g/mol. The molecule has 1 amide bonds. The third-order valence-electron chi connectivity index (χ3n) is 4.15. The summed E-state index contributed by atoms with van der Waals surface area (Å²) in [6, 6.07) is 9.77. The summed E-state index contributed by atoms with van der Waals surface area (Å²) in [6.07, 6.45) is 3.79. The summed E-state index contributed by atoms with van der Waals surface area (Å²) in [6.45, 7) is 7.75. The van der Waals surface area contributed by atoms with Gasteiger partial charge >= 0.3 is 0 Å². The molecule has 6 heteroatoms. The van der Waals surface area contributed by atoms with E-state index >= 15 is 0 Å². The number of H-pyrrole nitrogens is 1. The number of rotatable bonds is 7. The van der Waals surface area contributed by atoms with Crippen LogP contribution < -0.4 is 10.1 Å². The van der Waals surface area contributed by atoms with Crippen molar-refractivity contribution in [1.29, 1.82) is 0 Å². The highest BCUT2D eigenvalue weighted by Crippen LogP contribution is 2.21. The molecule has 27 heavy (non-hydrogen) atoms. The topological polar surface area (TPSA) is 67.0 Å². The van der Waals surface area contributed by atoms with Gasteiger partial charge in [0.15, 0.2) is 11.6 Å². The van der Waals surface area contributed by atoms with Crippen LogP contribution in [-0.4, -0.2) is 28.0 Å². The number of carbonyl (C=O) groups excluding carboxylic acids is 1. The Kier molecular flexibility index (Phi) is 5.26. The number of aromatic amines is 1. The van der Waals surface area contributed by atoms with Crippen LogP contribution in [0.15, 0.2) is 60.9 Å². The lowest BCUT2D eigenvalue weighted by Gasteiger charge is -2.31. The first-order valence-electron chi connectivity index (χ1n) is 8.64. The highest BCUT2D eigenvalue weighted by molar-refractivity contribution is 5.97. The lowest BCUT2D eigenvalue weighted by atomic mass is 9.94. The van der Waals surface area contributed by atoms with Crippen LogP contribution in [0.4, 0.5) is 4.39 Å². The molecule has 2 aromatic heterocycles. The fourth-order valence-corrected chi connectivity index (χ4v) is 3.00. The molecule has 0 aliphatic carbocycles. The Labute approximate surface area is 157 Å². The smallest absolute Gasteiger partial charge is 0.253 e. The molecule has 2 heterocycles. The molecule has 1 unspecified atom stereocenters. The Morgan fingerprint density at radius 3 is 2.89 bits per heavy atom. The minimum atomic E-state index is -0.754. The van der Waals surface area contributed by atoms with Gasteiger partial charge in [-0.15, -0.1) is 6.58 Å². The van der Waals surface area contributed by atoms with E-state index in [0.29, 0.717) is 12.0 Å². The van der Waals surface area contributed by atoms with Crippen molar-refractivity contribution in [2.45, 2.75) is 25.8 Å². The first-order valence-corrected chi connectivity index (χ1v) is 8.64. The van der Waals surface area contributed by atoms with Crippen molar-refractivity contribution < 1.29 is 13.9 Å². The summed E-state index contributed by atoms with van der Waals surface area (Å²) < 4.78 is 19.5. The molecule has 0 radical (unpaired) electrons. The number of pyridine rings is 1. The molecule has 3 aromatic rings. The van der Waals surface area contributed by atoms with Gasteiger partial charge < -0.3 is 15.0 Å². The molecule has 5 nitrogen and oxygen atoms in total. The Morgan fingerprint density at radius 2 is 2.15 bits per heavy atom. The molecule has 1 atom stereocenters. The van der Waals surface area contributed by atoms with Gasteiger partial charge in [-0.1, -0.05) is 17.7 Å². The lowest BCUT2D eigenvalue weighted by Crippen LogP contribution is -2.50. The summed E-state index contributed by atoms with van der Waals surface area (Å²) >= 11 is 0. The number of para-hydroxylation sites is 1. The number of hydrogen-bond acceptors (Lipinski definition) is 3. The normalized spacial score (nSPS) is 13.1. The molecule has 3 rings (SSSR count). The number of carbonyl (C=O) groups is 1. The van der Waals surface area contributed by atoms with Crippen molar-refractivity contribution in [3.8, 4) is 5.75 Å². The van der Waals surface area contributed by atoms with Crippen LogP contribution in [0.2, 0.25) is 0 Å². The van der Waals surface area contributed by atoms with E-state index in [-0.39, 0.29) is 18.3 Å². The maximum Gasteiger partial charge on any atom is 0.253 e. The number of aromatic nitrogens is 2. The zero-order valence-corrected chi connectivity index (χ0v) is 15.4. The number of halogens is 1. The second kappa shape index (κ2) is 7.61. The van der Waals surface area contributed by atoms with E-state index in [0.717, 1.165) is 16.6 Å². The van der Waals surface area contributed by atoms with Crippen molar-refractivity contribution >= 4 is 16.9 Å². The van der Waals surface area contributed by atoms with Gasteiger partial charge in [0.25, 0.3) is 5.91 Å². The number of nitrogens with one attached hydrogen (secondary N) is 2. The van der Waals surface area contributed by atoms with Crippen LogP contribution in [0, 0.1) is 5.82 Å². The molecule has 140 valence electrons. The predicted molar refractivity (Wildman–Crippen MR) is 103 cm³/mol. The first-order chi connectivity index (χ1) is 12.9. The van der Waals surface area contributed by atoms with Crippen molar-refractivity contribution in [2.75, 3.05) is 6.61 Å². The minimum absolute atomic E-state index is 0.102. The number of ether oxygens (including phenoxy) is 1. The van der Waals surface area contributed by atoms with E-state index in [1.165, 1.54) is 12.3 Å². The van der Waals surface area contributed by atoms with Crippen molar-refractivity contribution in [2.24, 2.45) is 0 Å². The second-order valence-electron chi connectivity index (χ2n) is 7.00. The quantitative estimate of drug-likeness (QED) is 0.614. The Hall–Kier alpha value is -3.15. The third kappa shape index (κ3) is 4.53. The molecule has 0 saturated carbocycles. The van der Waals surface area contributed by atoms with Gasteiger partial charge in [-0.2, -0.15) is 0 Å². The summed E-state index contributed by atoms with van der Waals surface area (Å²) in [5.41, 5.74) is 2.14. The molecule has 0 aliphatic rings. The molecule has 0 fully saturated rings. The number of benzene rings is 1. The Bertz CT molecular complexity index is 982. The SMILES string of the molecule is C=C(C)CC(C)(COc1ccccc1F)NC(=O)c1cnc2cc[nH]c2c1. The molecule has 1 aromatic carbocycles.